The molecule has 1 amide bonds. The molecule has 3 aromatic rings. The lowest BCUT2D eigenvalue weighted by Gasteiger charge is -2.09. The predicted molar refractivity (Wildman–Crippen MR) is 88.9 cm³/mol. The molecule has 0 radical (unpaired) electrons. The molecule has 0 saturated heterocycles. The number of carbonyl (C=O) groups is 1. The Kier molecular flexibility index (Phi) is 3.98. The van der Waals surface area contributed by atoms with Crippen molar-refractivity contribution in [2.24, 2.45) is 0 Å². The van der Waals surface area contributed by atoms with Crippen LogP contribution in [0, 0.1) is 0 Å². The summed E-state index contributed by atoms with van der Waals surface area (Å²) in [5.74, 6) is -0.158. The molecule has 0 spiro atoms. The topological polar surface area (TPSA) is 54.9 Å². The third-order valence-electron chi connectivity index (χ3n) is 3.22. The highest BCUT2D eigenvalue weighted by atomic mass is 79.9. The van der Waals surface area contributed by atoms with Gasteiger partial charge in [0.25, 0.3) is 5.91 Å². The van der Waals surface area contributed by atoms with E-state index in [-0.39, 0.29) is 5.91 Å². The van der Waals surface area contributed by atoms with Gasteiger partial charge in [-0.05, 0) is 35.5 Å². The summed E-state index contributed by atoms with van der Waals surface area (Å²) >= 11 is 4.66. The predicted octanol–water partition coefficient (Wildman–Crippen LogP) is 4.27. The number of halogens is 1. The van der Waals surface area contributed by atoms with Crippen molar-refractivity contribution in [1.82, 2.24) is 9.59 Å². The van der Waals surface area contributed by atoms with Crippen molar-refractivity contribution in [3.8, 4) is 0 Å². The second-order valence-electron chi connectivity index (χ2n) is 4.50. The Bertz CT molecular complexity index is 816. The Labute approximate surface area is 134 Å². The Balaban J connectivity index is 1.99. The zero-order valence-corrected chi connectivity index (χ0v) is 13.7. The number of hydrogen-bond acceptors (Lipinski definition) is 4. The SMILES string of the molecule is CCc1nnsc1C(=O)Nc1ccc(Br)c2ccccc12. The third-order valence-corrected chi connectivity index (χ3v) is 4.67. The van der Waals surface area contributed by atoms with Gasteiger partial charge in [-0.2, -0.15) is 0 Å². The quantitative estimate of drug-likeness (QED) is 0.757. The van der Waals surface area contributed by atoms with Gasteiger partial charge >= 0.3 is 0 Å². The number of carbonyl (C=O) groups excluding carboxylic acids is 1. The first kappa shape index (κ1) is 14.2. The van der Waals surface area contributed by atoms with E-state index in [0.29, 0.717) is 11.3 Å². The first-order valence-electron chi connectivity index (χ1n) is 6.50. The maximum absolute atomic E-state index is 12.4. The molecule has 0 fully saturated rings. The van der Waals surface area contributed by atoms with Crippen LogP contribution in [0.1, 0.15) is 22.3 Å². The van der Waals surface area contributed by atoms with Gasteiger partial charge in [0.2, 0.25) is 0 Å². The van der Waals surface area contributed by atoms with E-state index in [0.717, 1.165) is 38.2 Å². The number of aromatic nitrogens is 2. The minimum Gasteiger partial charge on any atom is -0.321 e. The molecule has 0 unspecified atom stereocenters. The van der Waals surface area contributed by atoms with Crippen LogP contribution < -0.4 is 5.32 Å². The number of benzene rings is 2. The van der Waals surface area contributed by atoms with Gasteiger partial charge in [-0.3, -0.25) is 4.79 Å². The van der Waals surface area contributed by atoms with Gasteiger partial charge in [0.1, 0.15) is 4.88 Å². The fourth-order valence-electron chi connectivity index (χ4n) is 2.16. The molecule has 3 rings (SSSR count). The van der Waals surface area contributed by atoms with E-state index in [1.807, 2.05) is 43.3 Å². The number of anilines is 1. The highest BCUT2D eigenvalue weighted by Crippen LogP contribution is 2.30. The number of amides is 1. The van der Waals surface area contributed by atoms with Crippen molar-refractivity contribution in [3.63, 3.8) is 0 Å². The molecular formula is C15H12BrN3OS. The van der Waals surface area contributed by atoms with E-state index in [4.69, 9.17) is 0 Å². The number of aryl methyl sites for hydroxylation is 1. The minimum absolute atomic E-state index is 0.158. The van der Waals surface area contributed by atoms with Crippen LogP contribution in [0.2, 0.25) is 0 Å². The smallest absolute Gasteiger partial charge is 0.269 e. The first-order chi connectivity index (χ1) is 10.2. The van der Waals surface area contributed by atoms with Crippen LogP contribution in [0.4, 0.5) is 5.69 Å². The summed E-state index contributed by atoms with van der Waals surface area (Å²) in [6.07, 6.45) is 0.695. The van der Waals surface area contributed by atoms with Crippen LogP contribution in [0.5, 0.6) is 0 Å². The van der Waals surface area contributed by atoms with Crippen molar-refractivity contribution >= 4 is 49.8 Å². The van der Waals surface area contributed by atoms with Crippen LogP contribution in [-0.4, -0.2) is 15.5 Å². The lowest BCUT2D eigenvalue weighted by atomic mass is 10.1. The zero-order valence-electron chi connectivity index (χ0n) is 11.3. The van der Waals surface area contributed by atoms with E-state index in [1.165, 1.54) is 0 Å². The highest BCUT2D eigenvalue weighted by Gasteiger charge is 2.16. The monoisotopic (exact) mass is 361 g/mol. The van der Waals surface area contributed by atoms with Gasteiger partial charge in [0.15, 0.2) is 0 Å². The van der Waals surface area contributed by atoms with Crippen molar-refractivity contribution in [2.75, 3.05) is 5.32 Å². The van der Waals surface area contributed by atoms with E-state index in [1.54, 1.807) is 0 Å². The molecule has 21 heavy (non-hydrogen) atoms. The summed E-state index contributed by atoms with van der Waals surface area (Å²) < 4.78 is 4.86. The average Bonchev–Trinajstić information content (AvgIpc) is 2.99. The molecular weight excluding hydrogens is 350 g/mol. The Hall–Kier alpha value is -1.79. The van der Waals surface area contributed by atoms with E-state index in [9.17, 15) is 4.79 Å². The maximum atomic E-state index is 12.4. The summed E-state index contributed by atoms with van der Waals surface area (Å²) in [5.41, 5.74) is 1.52. The molecule has 0 atom stereocenters. The summed E-state index contributed by atoms with van der Waals surface area (Å²) in [6.45, 7) is 1.96. The first-order valence-corrected chi connectivity index (χ1v) is 8.07. The Morgan fingerprint density at radius 3 is 2.76 bits per heavy atom. The summed E-state index contributed by atoms with van der Waals surface area (Å²) in [6, 6.07) is 11.8. The maximum Gasteiger partial charge on any atom is 0.269 e. The molecule has 0 saturated carbocycles. The normalized spacial score (nSPS) is 10.8. The molecule has 6 heteroatoms. The molecule has 4 nitrogen and oxygen atoms in total. The summed E-state index contributed by atoms with van der Waals surface area (Å²) in [7, 11) is 0. The third kappa shape index (κ3) is 2.69. The van der Waals surface area contributed by atoms with Crippen LogP contribution in [0.25, 0.3) is 10.8 Å². The van der Waals surface area contributed by atoms with Gasteiger partial charge in [0, 0.05) is 15.5 Å². The Morgan fingerprint density at radius 1 is 1.24 bits per heavy atom. The van der Waals surface area contributed by atoms with Crippen LogP contribution in [0.15, 0.2) is 40.9 Å². The molecule has 106 valence electrons. The van der Waals surface area contributed by atoms with Crippen molar-refractivity contribution in [2.45, 2.75) is 13.3 Å². The largest absolute Gasteiger partial charge is 0.321 e. The summed E-state index contributed by atoms with van der Waals surface area (Å²) in [4.78, 5) is 13.0. The molecule has 0 bridgehead atoms. The van der Waals surface area contributed by atoms with Crippen LogP contribution >= 0.6 is 27.5 Å². The number of hydrogen-bond donors (Lipinski definition) is 1. The number of nitrogens with one attached hydrogen (secondary N) is 1. The van der Waals surface area contributed by atoms with Crippen LogP contribution in [-0.2, 0) is 6.42 Å². The van der Waals surface area contributed by atoms with Gasteiger partial charge in [-0.25, -0.2) is 0 Å². The average molecular weight is 362 g/mol. The molecule has 1 N–H and O–H groups in total. The molecule has 0 aliphatic carbocycles. The molecule has 1 aromatic heterocycles. The molecule has 1 heterocycles. The van der Waals surface area contributed by atoms with E-state index in [2.05, 4.69) is 30.8 Å². The molecule has 0 aliphatic heterocycles. The van der Waals surface area contributed by atoms with E-state index < -0.39 is 0 Å². The fraction of sp³-hybridized carbons (Fsp3) is 0.133. The second-order valence-corrected chi connectivity index (χ2v) is 6.11. The number of nitrogens with zero attached hydrogens (tertiary/aromatic N) is 2. The number of fused-ring (bicyclic) bond motifs is 1. The molecule has 2 aromatic carbocycles. The molecule has 0 aliphatic rings. The van der Waals surface area contributed by atoms with Gasteiger partial charge < -0.3 is 5.32 Å². The van der Waals surface area contributed by atoms with Crippen LogP contribution in [0.3, 0.4) is 0 Å². The second kappa shape index (κ2) is 5.91. The highest BCUT2D eigenvalue weighted by molar-refractivity contribution is 9.10. The number of rotatable bonds is 3. The summed E-state index contributed by atoms with van der Waals surface area (Å²) in [5, 5.41) is 8.99. The lowest BCUT2D eigenvalue weighted by Crippen LogP contribution is -2.12. The standard InChI is InChI=1S/C15H12BrN3OS/c1-2-12-14(21-19-18-12)15(20)17-13-8-7-11(16)9-5-3-4-6-10(9)13/h3-8H,2H2,1H3,(H,17,20). The van der Waals surface area contributed by atoms with Crippen molar-refractivity contribution < 1.29 is 4.79 Å². The van der Waals surface area contributed by atoms with Gasteiger partial charge in [-0.1, -0.05) is 51.6 Å². The van der Waals surface area contributed by atoms with Gasteiger partial charge in [0.05, 0.1) is 5.69 Å². The lowest BCUT2D eigenvalue weighted by molar-refractivity contribution is 0.102. The fourth-order valence-corrected chi connectivity index (χ4v) is 3.29. The Morgan fingerprint density at radius 2 is 2.00 bits per heavy atom. The zero-order chi connectivity index (χ0) is 14.8. The van der Waals surface area contributed by atoms with Crippen molar-refractivity contribution in [1.29, 1.82) is 0 Å². The van der Waals surface area contributed by atoms with Crippen molar-refractivity contribution in [3.05, 3.63) is 51.4 Å². The minimum atomic E-state index is -0.158. The van der Waals surface area contributed by atoms with Gasteiger partial charge in [-0.15, -0.1) is 5.10 Å². The van der Waals surface area contributed by atoms with E-state index >= 15 is 0 Å².